The number of nitrogens with one attached hydrogen (secondary N) is 1. The normalized spacial score (nSPS) is 10.5. The average molecular weight is 299 g/mol. The van der Waals surface area contributed by atoms with Crippen molar-refractivity contribution in [1.82, 2.24) is 5.32 Å². The van der Waals surface area contributed by atoms with Crippen LogP contribution in [0, 0.1) is 13.8 Å². The first-order valence-corrected chi connectivity index (χ1v) is 7.82. The van der Waals surface area contributed by atoms with E-state index >= 15 is 0 Å². The van der Waals surface area contributed by atoms with Gasteiger partial charge in [0.15, 0.2) is 11.5 Å². The Kier molecular flexibility index (Phi) is 6.28. The molecule has 0 radical (unpaired) electrons. The lowest BCUT2D eigenvalue weighted by Crippen LogP contribution is -2.09. The second-order valence-electron chi connectivity index (χ2n) is 5.48. The summed E-state index contributed by atoms with van der Waals surface area (Å²) in [6.45, 7) is 5.84. The Labute approximate surface area is 133 Å². The van der Waals surface area contributed by atoms with Crippen molar-refractivity contribution >= 4 is 0 Å². The molecule has 0 aliphatic carbocycles. The van der Waals surface area contributed by atoms with E-state index < -0.39 is 0 Å². The van der Waals surface area contributed by atoms with Crippen LogP contribution in [0.2, 0.25) is 0 Å². The van der Waals surface area contributed by atoms with Gasteiger partial charge in [-0.05, 0) is 64.0 Å². The Morgan fingerprint density at radius 2 is 1.73 bits per heavy atom. The Hall–Kier alpha value is -2.00. The molecule has 1 N–H and O–H groups in total. The van der Waals surface area contributed by atoms with Gasteiger partial charge in [0, 0.05) is 0 Å². The van der Waals surface area contributed by atoms with Crippen LogP contribution in [-0.2, 0) is 0 Å². The van der Waals surface area contributed by atoms with E-state index in [0.717, 1.165) is 42.2 Å². The maximum Gasteiger partial charge on any atom is 0.169 e. The minimum Gasteiger partial charge on any atom is -0.489 e. The summed E-state index contributed by atoms with van der Waals surface area (Å²) >= 11 is 0. The summed E-state index contributed by atoms with van der Waals surface area (Å²) < 4.78 is 11.9. The van der Waals surface area contributed by atoms with Gasteiger partial charge in [0.1, 0.15) is 5.75 Å². The quantitative estimate of drug-likeness (QED) is 0.729. The van der Waals surface area contributed by atoms with E-state index in [0.29, 0.717) is 6.61 Å². The van der Waals surface area contributed by atoms with Crippen molar-refractivity contribution in [3.05, 3.63) is 53.6 Å². The third kappa shape index (κ3) is 4.78. The molecule has 2 aromatic carbocycles. The zero-order chi connectivity index (χ0) is 15.8. The number of hydrogen-bond acceptors (Lipinski definition) is 3. The van der Waals surface area contributed by atoms with Gasteiger partial charge in [-0.15, -0.1) is 0 Å². The average Bonchev–Trinajstić information content (AvgIpc) is 2.51. The van der Waals surface area contributed by atoms with Crippen molar-refractivity contribution in [1.29, 1.82) is 0 Å². The molecule has 0 aliphatic rings. The molecule has 0 fully saturated rings. The van der Waals surface area contributed by atoms with Crippen LogP contribution in [0.3, 0.4) is 0 Å². The first kappa shape index (κ1) is 16.4. The van der Waals surface area contributed by atoms with Crippen LogP contribution in [0.1, 0.15) is 24.0 Å². The highest BCUT2D eigenvalue weighted by Gasteiger charge is 2.09. The third-order valence-electron chi connectivity index (χ3n) is 3.49. The second kappa shape index (κ2) is 8.44. The molecular formula is C19H25NO2. The van der Waals surface area contributed by atoms with E-state index in [1.807, 2.05) is 56.4 Å². The van der Waals surface area contributed by atoms with E-state index in [2.05, 4.69) is 12.2 Å². The van der Waals surface area contributed by atoms with Gasteiger partial charge in [-0.25, -0.2) is 0 Å². The maximum atomic E-state index is 5.99. The molecule has 0 aliphatic heterocycles. The lowest BCUT2D eigenvalue weighted by Gasteiger charge is -2.15. The summed E-state index contributed by atoms with van der Waals surface area (Å²) in [5.74, 6) is 2.45. The van der Waals surface area contributed by atoms with Crippen molar-refractivity contribution in [2.75, 3.05) is 20.2 Å². The minimum atomic E-state index is 0.705. The van der Waals surface area contributed by atoms with E-state index in [4.69, 9.17) is 9.47 Å². The standard InChI is InChI=1S/C19H25NO2/c1-15-9-11-17(12-10-15)22-18-8-6-7-16(2)19(18)21-14-5-4-13-20-3/h6-12,20H,4-5,13-14H2,1-3H3. The summed E-state index contributed by atoms with van der Waals surface area (Å²) in [6.07, 6.45) is 2.13. The highest BCUT2D eigenvalue weighted by molar-refractivity contribution is 5.48. The van der Waals surface area contributed by atoms with Gasteiger partial charge in [0.2, 0.25) is 0 Å². The molecule has 0 heterocycles. The summed E-state index contributed by atoms with van der Waals surface area (Å²) in [6, 6.07) is 14.0. The van der Waals surface area contributed by atoms with Crippen molar-refractivity contribution in [3.63, 3.8) is 0 Å². The molecule has 0 spiro atoms. The summed E-state index contributed by atoms with van der Waals surface area (Å²) in [7, 11) is 1.97. The molecule has 3 nitrogen and oxygen atoms in total. The maximum absolute atomic E-state index is 5.99. The number of hydrogen-bond donors (Lipinski definition) is 1. The fraction of sp³-hybridized carbons (Fsp3) is 0.368. The topological polar surface area (TPSA) is 30.5 Å². The molecule has 0 amide bonds. The van der Waals surface area contributed by atoms with Crippen LogP contribution in [0.15, 0.2) is 42.5 Å². The smallest absolute Gasteiger partial charge is 0.169 e. The molecule has 0 unspecified atom stereocenters. The van der Waals surface area contributed by atoms with E-state index in [1.165, 1.54) is 5.56 Å². The number of aryl methyl sites for hydroxylation is 2. The number of unbranched alkanes of at least 4 members (excludes halogenated alkanes) is 1. The highest BCUT2D eigenvalue weighted by atomic mass is 16.5. The highest BCUT2D eigenvalue weighted by Crippen LogP contribution is 2.34. The molecule has 2 aromatic rings. The number of para-hydroxylation sites is 1. The van der Waals surface area contributed by atoms with Gasteiger partial charge >= 0.3 is 0 Å². The van der Waals surface area contributed by atoms with Gasteiger partial charge in [-0.3, -0.25) is 0 Å². The van der Waals surface area contributed by atoms with Gasteiger partial charge < -0.3 is 14.8 Å². The SMILES string of the molecule is CNCCCCOc1c(C)cccc1Oc1ccc(C)cc1. The zero-order valence-electron chi connectivity index (χ0n) is 13.7. The lowest BCUT2D eigenvalue weighted by atomic mass is 10.2. The first-order valence-electron chi connectivity index (χ1n) is 7.82. The molecule has 0 aromatic heterocycles. The molecule has 0 saturated carbocycles. The second-order valence-corrected chi connectivity index (χ2v) is 5.48. The Morgan fingerprint density at radius 3 is 2.45 bits per heavy atom. The molecule has 22 heavy (non-hydrogen) atoms. The van der Waals surface area contributed by atoms with Crippen molar-refractivity contribution in [2.45, 2.75) is 26.7 Å². The fourth-order valence-corrected chi connectivity index (χ4v) is 2.20. The largest absolute Gasteiger partial charge is 0.489 e. The zero-order valence-corrected chi connectivity index (χ0v) is 13.7. The Morgan fingerprint density at radius 1 is 0.955 bits per heavy atom. The number of ether oxygens (including phenoxy) is 2. The predicted octanol–water partition coefficient (Wildman–Crippen LogP) is 4.47. The van der Waals surface area contributed by atoms with E-state index in [1.54, 1.807) is 0 Å². The third-order valence-corrected chi connectivity index (χ3v) is 3.49. The van der Waals surface area contributed by atoms with E-state index in [9.17, 15) is 0 Å². The number of benzene rings is 2. The summed E-state index contributed by atoms with van der Waals surface area (Å²) in [4.78, 5) is 0. The molecule has 2 rings (SSSR count). The van der Waals surface area contributed by atoms with Crippen LogP contribution in [0.4, 0.5) is 0 Å². The first-order chi connectivity index (χ1) is 10.7. The van der Waals surface area contributed by atoms with Gasteiger partial charge in [0.25, 0.3) is 0 Å². The molecular weight excluding hydrogens is 274 g/mol. The Balaban J connectivity index is 2.04. The molecule has 118 valence electrons. The van der Waals surface area contributed by atoms with Crippen LogP contribution < -0.4 is 14.8 Å². The fourth-order valence-electron chi connectivity index (χ4n) is 2.20. The molecule has 3 heteroatoms. The minimum absolute atomic E-state index is 0.705. The van der Waals surface area contributed by atoms with Crippen LogP contribution in [0.25, 0.3) is 0 Å². The molecule has 0 saturated heterocycles. The van der Waals surface area contributed by atoms with Gasteiger partial charge in [-0.2, -0.15) is 0 Å². The van der Waals surface area contributed by atoms with Crippen LogP contribution in [-0.4, -0.2) is 20.2 Å². The summed E-state index contributed by atoms with van der Waals surface area (Å²) in [5.41, 5.74) is 2.32. The summed E-state index contributed by atoms with van der Waals surface area (Å²) in [5, 5.41) is 3.15. The lowest BCUT2D eigenvalue weighted by molar-refractivity contribution is 0.291. The van der Waals surface area contributed by atoms with Crippen molar-refractivity contribution in [2.24, 2.45) is 0 Å². The monoisotopic (exact) mass is 299 g/mol. The van der Waals surface area contributed by atoms with Crippen LogP contribution >= 0.6 is 0 Å². The van der Waals surface area contributed by atoms with Gasteiger partial charge in [0.05, 0.1) is 6.61 Å². The van der Waals surface area contributed by atoms with Crippen molar-refractivity contribution < 1.29 is 9.47 Å². The van der Waals surface area contributed by atoms with Crippen LogP contribution in [0.5, 0.6) is 17.2 Å². The predicted molar refractivity (Wildman–Crippen MR) is 91.1 cm³/mol. The Bertz CT molecular complexity index is 578. The van der Waals surface area contributed by atoms with Crippen molar-refractivity contribution in [3.8, 4) is 17.2 Å². The van der Waals surface area contributed by atoms with Gasteiger partial charge in [-0.1, -0.05) is 29.8 Å². The van der Waals surface area contributed by atoms with E-state index in [-0.39, 0.29) is 0 Å². The number of rotatable bonds is 8. The molecule has 0 atom stereocenters. The molecule has 0 bridgehead atoms.